The molecule has 0 radical (unpaired) electrons. The van der Waals surface area contributed by atoms with E-state index in [0.717, 1.165) is 11.4 Å². The molecule has 0 aromatic heterocycles. The van der Waals surface area contributed by atoms with Crippen LogP contribution in [0.1, 0.15) is 39.0 Å². The van der Waals surface area contributed by atoms with Crippen molar-refractivity contribution >= 4 is 5.69 Å². The fourth-order valence-corrected chi connectivity index (χ4v) is 3.35. The summed E-state index contributed by atoms with van der Waals surface area (Å²) in [5.41, 5.74) is 7.34. The van der Waals surface area contributed by atoms with Crippen molar-refractivity contribution in [3.63, 3.8) is 0 Å². The van der Waals surface area contributed by atoms with Gasteiger partial charge in [-0.05, 0) is 43.0 Å². The average Bonchev–Trinajstić information content (AvgIpc) is 2.48. The predicted molar refractivity (Wildman–Crippen MR) is 80.7 cm³/mol. The van der Waals surface area contributed by atoms with Crippen LogP contribution in [0.15, 0.2) is 24.3 Å². The highest BCUT2D eigenvalue weighted by Crippen LogP contribution is 2.38. The first-order valence-corrected chi connectivity index (χ1v) is 7.36. The summed E-state index contributed by atoms with van der Waals surface area (Å²) in [6.45, 7) is 2.98. The SMILES string of the molecule is CCC1CCCCC1(CN)Nc1ccc(OC)cc1. The number of hydrogen-bond donors (Lipinski definition) is 2. The van der Waals surface area contributed by atoms with E-state index in [1.807, 2.05) is 12.1 Å². The van der Waals surface area contributed by atoms with Gasteiger partial charge in [-0.3, -0.25) is 0 Å². The van der Waals surface area contributed by atoms with Gasteiger partial charge in [-0.1, -0.05) is 26.2 Å². The zero-order valence-electron chi connectivity index (χ0n) is 12.1. The summed E-state index contributed by atoms with van der Waals surface area (Å²) in [5.74, 6) is 1.57. The molecule has 0 aliphatic heterocycles. The van der Waals surface area contributed by atoms with E-state index in [-0.39, 0.29) is 5.54 Å². The number of nitrogens with one attached hydrogen (secondary N) is 1. The number of benzene rings is 1. The maximum atomic E-state index is 6.12. The van der Waals surface area contributed by atoms with Crippen LogP contribution >= 0.6 is 0 Å². The highest BCUT2D eigenvalue weighted by molar-refractivity contribution is 5.49. The minimum atomic E-state index is 0.0710. The zero-order valence-corrected chi connectivity index (χ0v) is 12.1. The Balaban J connectivity index is 2.15. The van der Waals surface area contributed by atoms with Gasteiger partial charge in [0.25, 0.3) is 0 Å². The molecule has 3 N–H and O–H groups in total. The molecular weight excluding hydrogens is 236 g/mol. The smallest absolute Gasteiger partial charge is 0.119 e. The Bertz CT molecular complexity index is 390. The number of nitrogens with two attached hydrogens (primary N) is 1. The number of rotatable bonds is 5. The van der Waals surface area contributed by atoms with Gasteiger partial charge in [0, 0.05) is 12.2 Å². The van der Waals surface area contributed by atoms with E-state index < -0.39 is 0 Å². The third-order valence-electron chi connectivity index (χ3n) is 4.55. The molecule has 0 saturated heterocycles. The molecule has 1 aliphatic carbocycles. The summed E-state index contributed by atoms with van der Waals surface area (Å²) in [6, 6.07) is 8.15. The third-order valence-corrected chi connectivity index (χ3v) is 4.55. The van der Waals surface area contributed by atoms with Gasteiger partial charge in [0.05, 0.1) is 12.6 Å². The second-order valence-corrected chi connectivity index (χ2v) is 5.56. The zero-order chi connectivity index (χ0) is 13.7. The molecule has 2 rings (SSSR count). The first-order valence-electron chi connectivity index (χ1n) is 7.36. The van der Waals surface area contributed by atoms with Crippen LogP contribution in [0, 0.1) is 5.92 Å². The lowest BCUT2D eigenvalue weighted by Gasteiger charge is -2.44. The van der Waals surface area contributed by atoms with Crippen LogP contribution in [0.4, 0.5) is 5.69 Å². The Morgan fingerprint density at radius 1 is 1.32 bits per heavy atom. The molecule has 2 atom stereocenters. The summed E-state index contributed by atoms with van der Waals surface area (Å²) in [5, 5.41) is 3.72. The van der Waals surface area contributed by atoms with Crippen LogP contribution in [-0.4, -0.2) is 19.2 Å². The fraction of sp³-hybridized carbons (Fsp3) is 0.625. The molecule has 1 aromatic rings. The van der Waals surface area contributed by atoms with Gasteiger partial charge in [-0.15, -0.1) is 0 Å². The number of methoxy groups -OCH3 is 1. The van der Waals surface area contributed by atoms with Crippen molar-refractivity contribution in [3.8, 4) is 5.75 Å². The molecule has 19 heavy (non-hydrogen) atoms. The number of ether oxygens (including phenoxy) is 1. The van der Waals surface area contributed by atoms with Gasteiger partial charge in [0.2, 0.25) is 0 Å². The lowest BCUT2D eigenvalue weighted by Crippen LogP contribution is -2.53. The van der Waals surface area contributed by atoms with Crippen LogP contribution < -0.4 is 15.8 Å². The van der Waals surface area contributed by atoms with Crippen LogP contribution in [0.3, 0.4) is 0 Å². The quantitative estimate of drug-likeness (QED) is 0.855. The summed E-state index contributed by atoms with van der Waals surface area (Å²) >= 11 is 0. The van der Waals surface area contributed by atoms with Crippen molar-refractivity contribution in [3.05, 3.63) is 24.3 Å². The van der Waals surface area contributed by atoms with E-state index in [4.69, 9.17) is 10.5 Å². The second-order valence-electron chi connectivity index (χ2n) is 5.56. The van der Waals surface area contributed by atoms with Crippen molar-refractivity contribution in [2.24, 2.45) is 11.7 Å². The molecule has 0 spiro atoms. The molecule has 1 aliphatic rings. The minimum absolute atomic E-state index is 0.0710. The lowest BCUT2D eigenvalue weighted by molar-refractivity contribution is 0.212. The summed E-state index contributed by atoms with van der Waals surface area (Å²) in [6.07, 6.45) is 6.27. The molecule has 0 bridgehead atoms. The standard InChI is InChI=1S/C16H26N2O/c1-3-13-6-4-5-11-16(13,12-17)18-14-7-9-15(19-2)10-8-14/h7-10,13,18H,3-6,11-12,17H2,1-2H3. The fourth-order valence-electron chi connectivity index (χ4n) is 3.35. The van der Waals surface area contributed by atoms with Crippen LogP contribution in [0.5, 0.6) is 5.75 Å². The second kappa shape index (κ2) is 6.29. The predicted octanol–water partition coefficient (Wildman–Crippen LogP) is 3.40. The van der Waals surface area contributed by atoms with Crippen LogP contribution in [-0.2, 0) is 0 Å². The molecule has 1 saturated carbocycles. The molecule has 106 valence electrons. The van der Waals surface area contributed by atoms with Crippen LogP contribution in [0.25, 0.3) is 0 Å². The van der Waals surface area contributed by atoms with Gasteiger partial charge in [-0.25, -0.2) is 0 Å². The lowest BCUT2D eigenvalue weighted by atomic mass is 9.71. The summed E-state index contributed by atoms with van der Waals surface area (Å²) < 4.78 is 5.20. The molecule has 3 nitrogen and oxygen atoms in total. The molecule has 1 aromatic carbocycles. The molecule has 0 heterocycles. The molecule has 0 amide bonds. The summed E-state index contributed by atoms with van der Waals surface area (Å²) in [4.78, 5) is 0. The first kappa shape index (κ1) is 14.2. The van der Waals surface area contributed by atoms with Crippen molar-refractivity contribution < 1.29 is 4.74 Å². The molecule has 1 fully saturated rings. The topological polar surface area (TPSA) is 47.3 Å². The maximum Gasteiger partial charge on any atom is 0.119 e. The monoisotopic (exact) mass is 262 g/mol. The molecule has 3 heteroatoms. The van der Waals surface area contributed by atoms with Crippen molar-refractivity contribution in [2.75, 3.05) is 19.0 Å². The van der Waals surface area contributed by atoms with E-state index in [0.29, 0.717) is 12.5 Å². The Morgan fingerprint density at radius 2 is 2.05 bits per heavy atom. The van der Waals surface area contributed by atoms with E-state index >= 15 is 0 Å². The van der Waals surface area contributed by atoms with E-state index in [9.17, 15) is 0 Å². The van der Waals surface area contributed by atoms with Crippen molar-refractivity contribution in [1.82, 2.24) is 0 Å². The van der Waals surface area contributed by atoms with Crippen molar-refractivity contribution in [2.45, 2.75) is 44.6 Å². The Morgan fingerprint density at radius 3 is 2.63 bits per heavy atom. The van der Waals surface area contributed by atoms with Gasteiger partial charge >= 0.3 is 0 Å². The highest BCUT2D eigenvalue weighted by Gasteiger charge is 2.38. The Hall–Kier alpha value is -1.22. The maximum absolute atomic E-state index is 6.12. The number of hydrogen-bond acceptors (Lipinski definition) is 3. The Labute approximate surface area is 116 Å². The highest BCUT2D eigenvalue weighted by atomic mass is 16.5. The third kappa shape index (κ3) is 3.03. The molecular formula is C16H26N2O. The van der Waals surface area contributed by atoms with E-state index in [1.54, 1.807) is 7.11 Å². The molecule has 2 unspecified atom stereocenters. The van der Waals surface area contributed by atoms with Crippen molar-refractivity contribution in [1.29, 1.82) is 0 Å². The average molecular weight is 262 g/mol. The van der Waals surface area contributed by atoms with E-state index in [1.165, 1.54) is 32.1 Å². The van der Waals surface area contributed by atoms with Gasteiger partial charge in [0.1, 0.15) is 5.75 Å². The van der Waals surface area contributed by atoms with Gasteiger partial charge in [0.15, 0.2) is 0 Å². The number of anilines is 1. The van der Waals surface area contributed by atoms with Gasteiger partial charge < -0.3 is 15.8 Å². The normalized spacial score (nSPS) is 27.0. The Kier molecular flexibility index (Phi) is 4.70. The largest absolute Gasteiger partial charge is 0.497 e. The van der Waals surface area contributed by atoms with E-state index in [2.05, 4.69) is 24.4 Å². The minimum Gasteiger partial charge on any atom is -0.497 e. The van der Waals surface area contributed by atoms with Crippen LogP contribution in [0.2, 0.25) is 0 Å². The van der Waals surface area contributed by atoms with Gasteiger partial charge in [-0.2, -0.15) is 0 Å². The first-order chi connectivity index (χ1) is 9.24. The summed E-state index contributed by atoms with van der Waals surface area (Å²) in [7, 11) is 1.69.